The molecule has 0 aromatic heterocycles. The smallest absolute Gasteiger partial charge is 0.319 e. The number of piperidine rings is 1. The lowest BCUT2D eigenvalue weighted by atomic mass is 9.84. The van der Waals surface area contributed by atoms with Crippen LogP contribution >= 0.6 is 0 Å². The zero-order chi connectivity index (χ0) is 16.4. The predicted octanol–water partition coefficient (Wildman–Crippen LogP) is 1.63. The summed E-state index contributed by atoms with van der Waals surface area (Å²) in [7, 11) is -3.23. The Bertz CT molecular complexity index is 490. The van der Waals surface area contributed by atoms with Crippen LogP contribution in [0.5, 0.6) is 0 Å². The third-order valence-electron chi connectivity index (χ3n) is 4.80. The summed E-state index contributed by atoms with van der Waals surface area (Å²) < 4.78 is 26.3. The van der Waals surface area contributed by atoms with Gasteiger partial charge in [-0.1, -0.05) is 12.8 Å². The molecule has 2 amide bonds. The number of urea groups is 1. The van der Waals surface area contributed by atoms with Gasteiger partial charge in [-0.25, -0.2) is 17.9 Å². The molecule has 0 aromatic carbocycles. The number of nitrogens with one attached hydrogen (secondary N) is 1. The van der Waals surface area contributed by atoms with Gasteiger partial charge in [-0.15, -0.1) is 0 Å². The van der Waals surface area contributed by atoms with Crippen LogP contribution in [0.2, 0.25) is 0 Å². The van der Waals surface area contributed by atoms with Crippen molar-refractivity contribution in [2.45, 2.75) is 51.5 Å². The standard InChI is InChI=1S/C15H29N3O3S/c1-4-17(5-2)14(19)18-10-8-15(9-11-18,12-13-6-7-13)16-22(3,20)21/h13,16H,4-12H2,1-3H3. The first-order valence-corrected chi connectivity index (χ1v) is 10.2. The molecule has 0 atom stereocenters. The van der Waals surface area contributed by atoms with Gasteiger partial charge in [0.05, 0.1) is 6.26 Å². The fourth-order valence-electron chi connectivity index (χ4n) is 3.44. The van der Waals surface area contributed by atoms with Gasteiger partial charge in [0.25, 0.3) is 0 Å². The second-order valence-electron chi connectivity index (χ2n) is 6.74. The van der Waals surface area contributed by atoms with Gasteiger partial charge in [0, 0.05) is 31.7 Å². The van der Waals surface area contributed by atoms with E-state index in [2.05, 4.69) is 4.72 Å². The number of likely N-dealkylation sites (tertiary alicyclic amines) is 1. The highest BCUT2D eigenvalue weighted by Gasteiger charge is 2.42. The highest BCUT2D eigenvalue weighted by Crippen LogP contribution is 2.41. The highest BCUT2D eigenvalue weighted by atomic mass is 32.2. The van der Waals surface area contributed by atoms with E-state index in [1.807, 2.05) is 23.6 Å². The van der Waals surface area contributed by atoms with Gasteiger partial charge in [0.15, 0.2) is 0 Å². The molecule has 1 aliphatic heterocycles. The van der Waals surface area contributed by atoms with Crippen LogP contribution in [0.1, 0.15) is 46.0 Å². The van der Waals surface area contributed by atoms with Gasteiger partial charge < -0.3 is 9.80 Å². The first kappa shape index (κ1) is 17.5. The maximum absolute atomic E-state index is 12.4. The van der Waals surface area contributed by atoms with Crippen LogP contribution in [-0.2, 0) is 10.0 Å². The molecule has 0 radical (unpaired) electrons. The van der Waals surface area contributed by atoms with Crippen LogP contribution in [0, 0.1) is 5.92 Å². The Kier molecular flexibility index (Phi) is 5.37. The van der Waals surface area contributed by atoms with Gasteiger partial charge in [-0.2, -0.15) is 0 Å². The maximum atomic E-state index is 12.4. The molecule has 0 spiro atoms. The van der Waals surface area contributed by atoms with E-state index in [0.717, 1.165) is 6.42 Å². The number of rotatable bonds is 6. The summed E-state index contributed by atoms with van der Waals surface area (Å²) >= 11 is 0. The van der Waals surface area contributed by atoms with Crippen molar-refractivity contribution in [1.82, 2.24) is 14.5 Å². The molecule has 1 N–H and O–H groups in total. The molecule has 2 aliphatic rings. The van der Waals surface area contributed by atoms with Crippen molar-refractivity contribution in [2.75, 3.05) is 32.4 Å². The van der Waals surface area contributed by atoms with E-state index in [1.54, 1.807) is 0 Å². The zero-order valence-electron chi connectivity index (χ0n) is 14.0. The molecule has 0 bridgehead atoms. The van der Waals surface area contributed by atoms with Crippen molar-refractivity contribution in [3.05, 3.63) is 0 Å². The molecule has 2 fully saturated rings. The first-order valence-electron chi connectivity index (χ1n) is 8.31. The van der Waals surface area contributed by atoms with Crippen LogP contribution < -0.4 is 4.72 Å². The van der Waals surface area contributed by atoms with Crippen molar-refractivity contribution in [2.24, 2.45) is 5.92 Å². The van der Waals surface area contributed by atoms with Gasteiger partial charge >= 0.3 is 6.03 Å². The van der Waals surface area contributed by atoms with E-state index >= 15 is 0 Å². The first-order chi connectivity index (χ1) is 10.3. The molecule has 1 heterocycles. The Morgan fingerprint density at radius 1 is 1.23 bits per heavy atom. The second-order valence-corrected chi connectivity index (χ2v) is 8.49. The van der Waals surface area contributed by atoms with E-state index in [1.165, 1.54) is 19.1 Å². The van der Waals surface area contributed by atoms with E-state index < -0.39 is 10.0 Å². The minimum atomic E-state index is -3.23. The topological polar surface area (TPSA) is 69.7 Å². The van der Waals surface area contributed by atoms with Crippen molar-refractivity contribution in [3.63, 3.8) is 0 Å². The van der Waals surface area contributed by atoms with Crippen LogP contribution in [0.25, 0.3) is 0 Å². The molecular weight excluding hydrogens is 302 g/mol. The highest BCUT2D eigenvalue weighted by molar-refractivity contribution is 7.88. The average Bonchev–Trinajstić information content (AvgIpc) is 3.22. The SMILES string of the molecule is CCN(CC)C(=O)N1CCC(CC2CC2)(NS(C)(=O)=O)CC1. The summed E-state index contributed by atoms with van der Waals surface area (Å²) in [5.41, 5.74) is -0.352. The summed E-state index contributed by atoms with van der Waals surface area (Å²) in [6, 6.07) is 0.0735. The average molecular weight is 331 g/mol. The Morgan fingerprint density at radius 3 is 2.18 bits per heavy atom. The number of hydrogen-bond donors (Lipinski definition) is 1. The van der Waals surface area contributed by atoms with Crippen molar-refractivity contribution >= 4 is 16.1 Å². The molecule has 1 saturated carbocycles. The van der Waals surface area contributed by atoms with Crippen molar-refractivity contribution in [3.8, 4) is 0 Å². The van der Waals surface area contributed by atoms with Crippen LogP contribution in [0.15, 0.2) is 0 Å². The molecular formula is C15H29N3O3S. The van der Waals surface area contributed by atoms with Gasteiger partial charge in [0.1, 0.15) is 0 Å². The third-order valence-corrected chi connectivity index (χ3v) is 5.61. The van der Waals surface area contributed by atoms with Crippen molar-refractivity contribution in [1.29, 1.82) is 0 Å². The quantitative estimate of drug-likeness (QED) is 0.804. The number of amides is 2. The fourth-order valence-corrected chi connectivity index (χ4v) is 4.51. The number of hydrogen-bond acceptors (Lipinski definition) is 3. The van der Waals surface area contributed by atoms with E-state index in [0.29, 0.717) is 44.9 Å². The molecule has 128 valence electrons. The fraction of sp³-hybridized carbons (Fsp3) is 0.933. The Morgan fingerprint density at radius 2 is 1.77 bits per heavy atom. The molecule has 22 heavy (non-hydrogen) atoms. The summed E-state index contributed by atoms with van der Waals surface area (Å²) in [6.45, 7) is 6.64. The number of sulfonamides is 1. The van der Waals surface area contributed by atoms with Crippen LogP contribution in [0.4, 0.5) is 4.79 Å². The van der Waals surface area contributed by atoms with E-state index in [-0.39, 0.29) is 11.6 Å². The Hall–Kier alpha value is -0.820. The normalized spacial score (nSPS) is 21.7. The Balaban J connectivity index is 2.00. The van der Waals surface area contributed by atoms with Gasteiger partial charge in [-0.3, -0.25) is 0 Å². The lowest BCUT2D eigenvalue weighted by Crippen LogP contribution is -2.57. The lowest BCUT2D eigenvalue weighted by Gasteiger charge is -2.43. The Labute approximate surface area is 134 Å². The predicted molar refractivity (Wildman–Crippen MR) is 87.2 cm³/mol. The molecule has 2 rings (SSSR count). The molecule has 0 unspecified atom stereocenters. The summed E-state index contributed by atoms with van der Waals surface area (Å²) in [5.74, 6) is 0.652. The molecule has 1 aliphatic carbocycles. The lowest BCUT2D eigenvalue weighted by molar-refractivity contribution is 0.119. The minimum Gasteiger partial charge on any atom is -0.325 e. The largest absolute Gasteiger partial charge is 0.325 e. The molecule has 0 aromatic rings. The van der Waals surface area contributed by atoms with Crippen LogP contribution in [-0.4, -0.2) is 62.2 Å². The second kappa shape index (κ2) is 6.74. The van der Waals surface area contributed by atoms with E-state index in [9.17, 15) is 13.2 Å². The van der Waals surface area contributed by atoms with Crippen LogP contribution in [0.3, 0.4) is 0 Å². The molecule has 7 heteroatoms. The third kappa shape index (κ3) is 4.59. The maximum Gasteiger partial charge on any atom is 0.319 e. The number of carbonyl (C=O) groups excluding carboxylic acids is 1. The summed E-state index contributed by atoms with van der Waals surface area (Å²) in [5, 5.41) is 0. The zero-order valence-corrected chi connectivity index (χ0v) is 14.8. The number of carbonyl (C=O) groups is 1. The number of nitrogens with zero attached hydrogens (tertiary/aromatic N) is 2. The van der Waals surface area contributed by atoms with Gasteiger partial charge in [-0.05, 0) is 39.0 Å². The monoisotopic (exact) mass is 331 g/mol. The summed E-state index contributed by atoms with van der Waals surface area (Å²) in [4.78, 5) is 16.1. The molecule has 1 saturated heterocycles. The minimum absolute atomic E-state index is 0.0735. The summed E-state index contributed by atoms with van der Waals surface area (Å²) in [6.07, 6.45) is 5.97. The van der Waals surface area contributed by atoms with E-state index in [4.69, 9.17) is 0 Å². The van der Waals surface area contributed by atoms with Gasteiger partial charge in [0.2, 0.25) is 10.0 Å². The molecule has 6 nitrogen and oxygen atoms in total. The van der Waals surface area contributed by atoms with Crippen molar-refractivity contribution < 1.29 is 13.2 Å².